The van der Waals surface area contributed by atoms with Gasteiger partial charge in [-0.05, 0) is 12.8 Å². The van der Waals surface area contributed by atoms with E-state index >= 15 is 0 Å². The van der Waals surface area contributed by atoms with Crippen molar-refractivity contribution in [1.82, 2.24) is 0 Å². The van der Waals surface area contributed by atoms with Gasteiger partial charge in [-0.3, -0.25) is 0 Å². The first kappa shape index (κ1) is 8.49. The number of hydrogen-bond acceptors (Lipinski definition) is 3. The Morgan fingerprint density at radius 1 is 1.36 bits per heavy atom. The summed E-state index contributed by atoms with van der Waals surface area (Å²) in [6, 6.07) is 0. The Morgan fingerprint density at radius 3 is 2.18 bits per heavy atom. The molecule has 0 aliphatic heterocycles. The summed E-state index contributed by atoms with van der Waals surface area (Å²) >= 11 is 0. The van der Waals surface area contributed by atoms with Crippen molar-refractivity contribution >= 4 is 5.97 Å². The molecule has 1 fully saturated rings. The van der Waals surface area contributed by atoms with E-state index in [-0.39, 0.29) is 0 Å². The Morgan fingerprint density at radius 2 is 1.82 bits per heavy atom. The number of aliphatic hydroxyl groups is 2. The van der Waals surface area contributed by atoms with Crippen molar-refractivity contribution in [2.45, 2.75) is 37.4 Å². The number of hydrogen-bond donors (Lipinski definition) is 3. The van der Waals surface area contributed by atoms with E-state index < -0.39 is 17.7 Å². The molecule has 0 radical (unpaired) electrons. The summed E-state index contributed by atoms with van der Waals surface area (Å²) in [5, 5.41) is 26.9. The van der Waals surface area contributed by atoms with Crippen molar-refractivity contribution in [2.24, 2.45) is 0 Å². The summed E-state index contributed by atoms with van der Waals surface area (Å²) in [7, 11) is 0. The Kier molecular flexibility index (Phi) is 2.15. The van der Waals surface area contributed by atoms with Gasteiger partial charge in [-0.25, -0.2) is 4.79 Å². The largest absolute Gasteiger partial charge is 0.479 e. The lowest BCUT2D eigenvalue weighted by molar-refractivity contribution is -0.162. The molecule has 0 aromatic heterocycles. The minimum atomic E-state index is -1.62. The fourth-order valence-corrected chi connectivity index (χ4v) is 1.49. The number of carboxylic acid groups (broad SMARTS) is 1. The quantitative estimate of drug-likeness (QED) is 0.520. The summed E-state index contributed by atoms with van der Waals surface area (Å²) in [5.41, 5.74) is -1.37. The van der Waals surface area contributed by atoms with Crippen LogP contribution in [0.3, 0.4) is 0 Å². The maximum Gasteiger partial charge on any atom is 0.335 e. The van der Waals surface area contributed by atoms with Gasteiger partial charge in [0.15, 0.2) is 6.10 Å². The van der Waals surface area contributed by atoms with Crippen molar-refractivity contribution in [3.05, 3.63) is 0 Å². The number of aliphatic hydroxyl groups excluding tert-OH is 1. The molecule has 64 valence electrons. The highest BCUT2D eigenvalue weighted by atomic mass is 16.4. The highest BCUT2D eigenvalue weighted by Crippen LogP contribution is 2.32. The smallest absolute Gasteiger partial charge is 0.335 e. The lowest BCUT2D eigenvalue weighted by Crippen LogP contribution is -2.44. The number of carboxylic acids is 1. The molecule has 1 aliphatic carbocycles. The van der Waals surface area contributed by atoms with E-state index in [1.165, 1.54) is 0 Å². The first-order chi connectivity index (χ1) is 5.06. The molecule has 3 N–H and O–H groups in total. The molecule has 4 nitrogen and oxygen atoms in total. The van der Waals surface area contributed by atoms with Crippen LogP contribution < -0.4 is 0 Å². The number of carbonyl (C=O) groups is 1. The van der Waals surface area contributed by atoms with Crippen molar-refractivity contribution in [3.63, 3.8) is 0 Å². The van der Waals surface area contributed by atoms with Crippen LogP contribution in [-0.4, -0.2) is 33.0 Å². The molecule has 0 aromatic carbocycles. The third kappa shape index (κ3) is 1.52. The van der Waals surface area contributed by atoms with Crippen molar-refractivity contribution in [1.29, 1.82) is 0 Å². The summed E-state index contributed by atoms with van der Waals surface area (Å²) in [6.45, 7) is 0. The van der Waals surface area contributed by atoms with Crippen LogP contribution in [0.25, 0.3) is 0 Å². The second-order valence-corrected chi connectivity index (χ2v) is 3.05. The predicted molar refractivity (Wildman–Crippen MR) is 37.1 cm³/mol. The molecule has 1 saturated carbocycles. The van der Waals surface area contributed by atoms with Crippen LogP contribution >= 0.6 is 0 Å². The first-order valence-electron chi connectivity index (χ1n) is 3.69. The zero-order chi connectivity index (χ0) is 8.48. The van der Waals surface area contributed by atoms with Crippen LogP contribution in [0.4, 0.5) is 0 Å². The zero-order valence-corrected chi connectivity index (χ0v) is 6.16. The van der Waals surface area contributed by atoms with E-state index in [4.69, 9.17) is 10.2 Å². The Hall–Kier alpha value is -0.610. The third-order valence-electron chi connectivity index (χ3n) is 2.21. The molecule has 0 spiro atoms. The first-order valence-corrected chi connectivity index (χ1v) is 3.69. The molecule has 0 bridgehead atoms. The van der Waals surface area contributed by atoms with Gasteiger partial charge in [0.25, 0.3) is 0 Å². The van der Waals surface area contributed by atoms with Gasteiger partial charge in [-0.1, -0.05) is 12.8 Å². The Bertz CT molecular complexity index is 160. The predicted octanol–water partition coefficient (Wildman–Crippen LogP) is -0.263. The van der Waals surface area contributed by atoms with Crippen LogP contribution in [0.5, 0.6) is 0 Å². The molecule has 0 amide bonds. The molecule has 0 saturated heterocycles. The second kappa shape index (κ2) is 2.79. The molecule has 0 heterocycles. The fraction of sp³-hybridized carbons (Fsp3) is 0.857. The average molecular weight is 160 g/mol. The van der Waals surface area contributed by atoms with Gasteiger partial charge < -0.3 is 15.3 Å². The van der Waals surface area contributed by atoms with Crippen LogP contribution in [-0.2, 0) is 4.79 Å². The average Bonchev–Trinajstić information content (AvgIpc) is 2.35. The Balaban J connectivity index is 2.63. The lowest BCUT2D eigenvalue weighted by atomic mass is 9.95. The number of rotatable bonds is 2. The van der Waals surface area contributed by atoms with E-state index in [0.29, 0.717) is 12.8 Å². The Labute approximate surface area is 64.5 Å². The molecule has 1 unspecified atom stereocenters. The lowest BCUT2D eigenvalue weighted by Gasteiger charge is -2.24. The molecule has 4 heteroatoms. The minimum Gasteiger partial charge on any atom is -0.479 e. The van der Waals surface area contributed by atoms with Gasteiger partial charge >= 0.3 is 5.97 Å². The summed E-state index contributed by atoms with van der Waals surface area (Å²) in [5.74, 6) is -1.34. The topological polar surface area (TPSA) is 77.8 Å². The molecule has 1 atom stereocenters. The molecular formula is C7H12O4. The molecule has 11 heavy (non-hydrogen) atoms. The summed E-state index contributed by atoms with van der Waals surface area (Å²) in [6.07, 6.45) is 0.743. The minimum absolute atomic E-state index is 0.389. The van der Waals surface area contributed by atoms with Gasteiger partial charge in [0.2, 0.25) is 0 Å². The van der Waals surface area contributed by atoms with Gasteiger partial charge in [0, 0.05) is 0 Å². The maximum absolute atomic E-state index is 10.3. The molecule has 1 rings (SSSR count). The van der Waals surface area contributed by atoms with E-state index in [1.807, 2.05) is 0 Å². The summed E-state index contributed by atoms with van der Waals surface area (Å²) < 4.78 is 0. The maximum atomic E-state index is 10.3. The van der Waals surface area contributed by atoms with E-state index in [0.717, 1.165) is 12.8 Å². The van der Waals surface area contributed by atoms with Crippen LogP contribution in [0, 0.1) is 0 Å². The molecule has 0 aromatic rings. The fourth-order valence-electron chi connectivity index (χ4n) is 1.49. The monoisotopic (exact) mass is 160 g/mol. The van der Waals surface area contributed by atoms with Gasteiger partial charge in [-0.15, -0.1) is 0 Å². The SMILES string of the molecule is O=C(O)C(O)C1(O)CCCC1. The van der Waals surface area contributed by atoms with Crippen molar-refractivity contribution in [3.8, 4) is 0 Å². The van der Waals surface area contributed by atoms with Crippen molar-refractivity contribution < 1.29 is 20.1 Å². The van der Waals surface area contributed by atoms with E-state index in [2.05, 4.69) is 0 Å². The highest BCUT2D eigenvalue weighted by Gasteiger charge is 2.42. The molecule has 1 aliphatic rings. The summed E-state index contributed by atoms with van der Waals surface area (Å²) in [4.78, 5) is 10.3. The van der Waals surface area contributed by atoms with E-state index in [1.54, 1.807) is 0 Å². The number of aliphatic carboxylic acids is 1. The standard InChI is InChI=1S/C7H12O4/c8-5(6(9)10)7(11)3-1-2-4-7/h5,8,11H,1-4H2,(H,9,10). The van der Waals surface area contributed by atoms with E-state index in [9.17, 15) is 9.90 Å². The van der Waals surface area contributed by atoms with Gasteiger partial charge in [-0.2, -0.15) is 0 Å². The van der Waals surface area contributed by atoms with Crippen LogP contribution in [0.2, 0.25) is 0 Å². The second-order valence-electron chi connectivity index (χ2n) is 3.05. The normalized spacial score (nSPS) is 24.9. The zero-order valence-electron chi connectivity index (χ0n) is 6.16. The van der Waals surface area contributed by atoms with Gasteiger partial charge in [0.05, 0.1) is 0 Å². The van der Waals surface area contributed by atoms with Crippen LogP contribution in [0.15, 0.2) is 0 Å². The molecular weight excluding hydrogens is 148 g/mol. The highest BCUT2D eigenvalue weighted by molar-refractivity contribution is 5.73. The van der Waals surface area contributed by atoms with Gasteiger partial charge in [0.1, 0.15) is 5.60 Å². The van der Waals surface area contributed by atoms with Crippen molar-refractivity contribution in [2.75, 3.05) is 0 Å². The van der Waals surface area contributed by atoms with Crippen LogP contribution in [0.1, 0.15) is 25.7 Å². The third-order valence-corrected chi connectivity index (χ3v) is 2.21.